The minimum atomic E-state index is 0.0420. The molecule has 3 aromatic heterocycles. The average Bonchev–Trinajstić information content (AvgIpc) is 3.22. The maximum Gasteiger partial charge on any atom is 0.264 e. The Morgan fingerprint density at radius 3 is 3.09 bits per heavy atom. The van der Waals surface area contributed by atoms with Crippen LogP contribution in [0.3, 0.4) is 0 Å². The van der Waals surface area contributed by atoms with Crippen LogP contribution in [-0.2, 0) is 0 Å². The lowest BCUT2D eigenvalue weighted by Crippen LogP contribution is -2.38. The SMILES string of the molecule is Cc1csc(C(=O)N2CCCC[C@H]2c2ccn3ccnc3n2)c1. The van der Waals surface area contributed by atoms with Gasteiger partial charge in [-0.15, -0.1) is 11.3 Å². The topological polar surface area (TPSA) is 50.5 Å². The molecule has 3 aromatic rings. The number of fused-ring (bicyclic) bond motifs is 1. The summed E-state index contributed by atoms with van der Waals surface area (Å²) in [6, 6.07) is 4.02. The highest BCUT2D eigenvalue weighted by atomic mass is 32.1. The van der Waals surface area contributed by atoms with Crippen LogP contribution in [0.15, 0.2) is 36.1 Å². The van der Waals surface area contributed by atoms with Crippen molar-refractivity contribution >= 4 is 23.0 Å². The zero-order valence-corrected chi connectivity index (χ0v) is 13.8. The second-order valence-corrected chi connectivity index (χ2v) is 6.90. The third-order valence-electron chi connectivity index (χ3n) is 4.33. The highest BCUT2D eigenvalue weighted by Gasteiger charge is 2.30. The number of likely N-dealkylation sites (tertiary alicyclic amines) is 1. The molecule has 0 aliphatic carbocycles. The maximum absolute atomic E-state index is 12.9. The summed E-state index contributed by atoms with van der Waals surface area (Å²) in [5.74, 6) is 0.810. The molecule has 1 amide bonds. The highest BCUT2D eigenvalue weighted by Crippen LogP contribution is 2.32. The number of nitrogens with zero attached hydrogens (tertiary/aromatic N) is 4. The Labute approximate surface area is 138 Å². The molecule has 4 heterocycles. The van der Waals surface area contributed by atoms with E-state index < -0.39 is 0 Å². The van der Waals surface area contributed by atoms with Gasteiger partial charge in [-0.05, 0) is 49.3 Å². The zero-order chi connectivity index (χ0) is 15.8. The fraction of sp³-hybridized carbons (Fsp3) is 0.353. The van der Waals surface area contributed by atoms with Gasteiger partial charge in [0.1, 0.15) is 0 Å². The molecule has 1 fully saturated rings. The first kappa shape index (κ1) is 14.4. The molecule has 0 aromatic carbocycles. The normalized spacial score (nSPS) is 18.5. The van der Waals surface area contributed by atoms with Crippen molar-refractivity contribution in [2.45, 2.75) is 32.2 Å². The number of amides is 1. The molecular formula is C17H18N4OS. The van der Waals surface area contributed by atoms with Gasteiger partial charge in [0, 0.05) is 25.1 Å². The lowest BCUT2D eigenvalue weighted by atomic mass is 9.99. The first-order valence-corrected chi connectivity index (χ1v) is 8.76. The summed E-state index contributed by atoms with van der Waals surface area (Å²) in [6.45, 7) is 2.82. The van der Waals surface area contributed by atoms with Crippen LogP contribution < -0.4 is 0 Å². The molecule has 4 rings (SSSR count). The number of imidazole rings is 1. The Morgan fingerprint density at radius 1 is 1.35 bits per heavy atom. The smallest absolute Gasteiger partial charge is 0.264 e. The lowest BCUT2D eigenvalue weighted by molar-refractivity contribution is 0.0611. The molecule has 5 nitrogen and oxygen atoms in total. The van der Waals surface area contributed by atoms with E-state index in [2.05, 4.69) is 9.97 Å². The zero-order valence-electron chi connectivity index (χ0n) is 13.0. The third-order valence-corrected chi connectivity index (χ3v) is 5.37. The van der Waals surface area contributed by atoms with Crippen molar-refractivity contribution in [1.29, 1.82) is 0 Å². The number of aromatic nitrogens is 3. The molecule has 0 radical (unpaired) electrons. The number of thiophene rings is 1. The number of hydrogen-bond acceptors (Lipinski definition) is 4. The van der Waals surface area contributed by atoms with E-state index in [-0.39, 0.29) is 11.9 Å². The van der Waals surface area contributed by atoms with Crippen molar-refractivity contribution in [3.05, 3.63) is 52.2 Å². The lowest BCUT2D eigenvalue weighted by Gasteiger charge is -2.35. The van der Waals surface area contributed by atoms with Crippen LogP contribution in [0.4, 0.5) is 0 Å². The van der Waals surface area contributed by atoms with Crippen LogP contribution in [-0.4, -0.2) is 31.7 Å². The molecule has 23 heavy (non-hydrogen) atoms. The van der Waals surface area contributed by atoms with E-state index in [1.165, 1.54) is 11.3 Å². The van der Waals surface area contributed by atoms with Gasteiger partial charge < -0.3 is 4.90 Å². The molecule has 1 aliphatic heterocycles. The number of rotatable bonds is 2. The summed E-state index contributed by atoms with van der Waals surface area (Å²) in [5, 5.41) is 2.03. The predicted molar refractivity (Wildman–Crippen MR) is 89.7 cm³/mol. The molecule has 1 saturated heterocycles. The quantitative estimate of drug-likeness (QED) is 0.724. The molecule has 6 heteroatoms. The first-order valence-electron chi connectivity index (χ1n) is 7.88. The minimum Gasteiger partial charge on any atom is -0.329 e. The van der Waals surface area contributed by atoms with E-state index in [1.807, 2.05) is 46.1 Å². The second-order valence-electron chi connectivity index (χ2n) is 5.99. The summed E-state index contributed by atoms with van der Waals surface area (Å²) in [4.78, 5) is 24.6. The van der Waals surface area contributed by atoms with E-state index in [0.29, 0.717) is 5.78 Å². The first-order chi connectivity index (χ1) is 11.2. The van der Waals surface area contributed by atoms with Crippen molar-refractivity contribution in [3.63, 3.8) is 0 Å². The minimum absolute atomic E-state index is 0.0420. The van der Waals surface area contributed by atoms with Crippen molar-refractivity contribution in [1.82, 2.24) is 19.3 Å². The third kappa shape index (κ3) is 2.63. The second kappa shape index (κ2) is 5.77. The van der Waals surface area contributed by atoms with Gasteiger partial charge in [-0.25, -0.2) is 9.97 Å². The number of aryl methyl sites for hydroxylation is 1. The fourth-order valence-electron chi connectivity index (χ4n) is 3.17. The highest BCUT2D eigenvalue weighted by molar-refractivity contribution is 7.12. The van der Waals surface area contributed by atoms with Gasteiger partial charge in [-0.2, -0.15) is 0 Å². The van der Waals surface area contributed by atoms with Crippen molar-refractivity contribution in [2.24, 2.45) is 0 Å². The summed E-state index contributed by atoms with van der Waals surface area (Å²) in [6.07, 6.45) is 8.73. The molecular weight excluding hydrogens is 308 g/mol. The average molecular weight is 326 g/mol. The Hall–Kier alpha value is -2.21. The number of carbonyl (C=O) groups excluding carboxylic acids is 1. The summed E-state index contributed by atoms with van der Waals surface area (Å²) in [5.41, 5.74) is 2.08. The summed E-state index contributed by atoms with van der Waals surface area (Å²) < 4.78 is 1.89. The Bertz CT molecular complexity index is 853. The molecule has 0 unspecified atom stereocenters. The monoisotopic (exact) mass is 326 g/mol. The van der Waals surface area contributed by atoms with E-state index in [4.69, 9.17) is 0 Å². The van der Waals surface area contributed by atoms with E-state index in [9.17, 15) is 4.79 Å². The predicted octanol–water partition coefficient (Wildman–Crippen LogP) is 3.47. The van der Waals surface area contributed by atoms with Gasteiger partial charge in [0.2, 0.25) is 5.78 Å². The van der Waals surface area contributed by atoms with Gasteiger partial charge in [-0.1, -0.05) is 0 Å². The van der Waals surface area contributed by atoms with Crippen LogP contribution in [0.1, 0.15) is 46.2 Å². The standard InChI is InChI=1S/C17H18N4OS/c1-12-10-15(23-11-12)16(22)21-7-3-2-4-14(21)13-5-8-20-9-6-18-17(20)19-13/h5-6,8-11,14H,2-4,7H2,1H3/t14-/m0/s1. The van der Waals surface area contributed by atoms with Gasteiger partial charge in [0.05, 0.1) is 16.6 Å². The molecule has 1 aliphatic rings. The largest absolute Gasteiger partial charge is 0.329 e. The Kier molecular flexibility index (Phi) is 3.61. The van der Waals surface area contributed by atoms with Crippen LogP contribution >= 0.6 is 11.3 Å². The van der Waals surface area contributed by atoms with Gasteiger partial charge in [0.15, 0.2) is 0 Å². The molecule has 0 saturated carbocycles. The van der Waals surface area contributed by atoms with Gasteiger partial charge in [0.25, 0.3) is 5.91 Å². The number of hydrogen-bond donors (Lipinski definition) is 0. The van der Waals surface area contributed by atoms with E-state index >= 15 is 0 Å². The fourth-order valence-corrected chi connectivity index (χ4v) is 4.02. The molecule has 0 spiro atoms. The Morgan fingerprint density at radius 2 is 2.26 bits per heavy atom. The molecule has 0 bridgehead atoms. The van der Waals surface area contributed by atoms with Crippen molar-refractivity contribution in [2.75, 3.05) is 6.54 Å². The molecule has 118 valence electrons. The van der Waals surface area contributed by atoms with Crippen LogP contribution in [0, 0.1) is 6.92 Å². The Balaban J connectivity index is 1.68. The van der Waals surface area contributed by atoms with Crippen LogP contribution in [0.25, 0.3) is 5.78 Å². The van der Waals surface area contributed by atoms with Crippen LogP contribution in [0.5, 0.6) is 0 Å². The van der Waals surface area contributed by atoms with Crippen LogP contribution in [0.2, 0.25) is 0 Å². The summed E-state index contributed by atoms with van der Waals surface area (Å²) in [7, 11) is 0. The van der Waals surface area contributed by atoms with E-state index in [1.54, 1.807) is 6.20 Å². The van der Waals surface area contributed by atoms with Crippen molar-refractivity contribution in [3.8, 4) is 0 Å². The van der Waals surface area contributed by atoms with E-state index in [0.717, 1.165) is 41.9 Å². The molecule has 0 N–H and O–H groups in total. The number of carbonyl (C=O) groups is 1. The maximum atomic E-state index is 12.9. The molecule has 1 atom stereocenters. The summed E-state index contributed by atoms with van der Waals surface area (Å²) >= 11 is 1.52. The van der Waals surface area contributed by atoms with Gasteiger partial charge in [-0.3, -0.25) is 9.20 Å². The van der Waals surface area contributed by atoms with Crippen molar-refractivity contribution < 1.29 is 4.79 Å². The number of piperidine rings is 1. The van der Waals surface area contributed by atoms with Gasteiger partial charge >= 0.3 is 0 Å².